The van der Waals surface area contributed by atoms with Gasteiger partial charge >= 0.3 is 5.97 Å². The van der Waals surface area contributed by atoms with E-state index >= 15 is 0 Å². The van der Waals surface area contributed by atoms with E-state index in [0.717, 1.165) is 11.4 Å². The molecule has 4 nitrogen and oxygen atoms in total. The van der Waals surface area contributed by atoms with Crippen LogP contribution in [-0.4, -0.2) is 31.8 Å². The highest BCUT2D eigenvalue weighted by Gasteiger charge is 2.11. The van der Waals surface area contributed by atoms with Crippen LogP contribution in [-0.2, 0) is 4.79 Å². The Morgan fingerprint density at radius 1 is 1.42 bits per heavy atom. The standard InChI is InChI=1S/C15H23NO3/c1-11(2)12-7-8-14(19-4)13(10-12)16(3)9-5-6-15(17)18/h7-8,10-11H,5-6,9H2,1-4H3,(H,17,18). The smallest absolute Gasteiger partial charge is 0.303 e. The number of carboxylic acids is 1. The third-order valence-corrected chi connectivity index (χ3v) is 3.16. The summed E-state index contributed by atoms with van der Waals surface area (Å²) in [6.07, 6.45) is 0.817. The minimum Gasteiger partial charge on any atom is -0.495 e. The first kappa shape index (κ1) is 15.3. The topological polar surface area (TPSA) is 49.8 Å². The summed E-state index contributed by atoms with van der Waals surface area (Å²) in [5.41, 5.74) is 2.26. The van der Waals surface area contributed by atoms with Gasteiger partial charge in [-0.05, 0) is 30.0 Å². The van der Waals surface area contributed by atoms with Crippen molar-refractivity contribution in [3.05, 3.63) is 23.8 Å². The second-order valence-corrected chi connectivity index (χ2v) is 5.00. The van der Waals surface area contributed by atoms with Crippen LogP contribution < -0.4 is 9.64 Å². The molecule has 0 aliphatic carbocycles. The van der Waals surface area contributed by atoms with Gasteiger partial charge in [0, 0.05) is 20.0 Å². The summed E-state index contributed by atoms with van der Waals surface area (Å²) in [4.78, 5) is 12.6. The third kappa shape index (κ3) is 4.47. The van der Waals surface area contributed by atoms with Crippen molar-refractivity contribution in [3.8, 4) is 5.75 Å². The van der Waals surface area contributed by atoms with Crippen molar-refractivity contribution in [1.82, 2.24) is 0 Å². The molecule has 4 heteroatoms. The first-order valence-corrected chi connectivity index (χ1v) is 6.56. The average Bonchev–Trinajstić information content (AvgIpc) is 2.37. The van der Waals surface area contributed by atoms with Gasteiger partial charge in [0.15, 0.2) is 0 Å². The molecule has 1 aromatic rings. The lowest BCUT2D eigenvalue weighted by Gasteiger charge is -2.23. The Morgan fingerprint density at radius 3 is 2.63 bits per heavy atom. The van der Waals surface area contributed by atoms with Crippen molar-refractivity contribution in [2.24, 2.45) is 0 Å². The molecule has 19 heavy (non-hydrogen) atoms. The van der Waals surface area contributed by atoms with Crippen LogP contribution in [0.3, 0.4) is 0 Å². The molecule has 0 heterocycles. The summed E-state index contributed by atoms with van der Waals surface area (Å²) in [5.74, 6) is 0.524. The normalized spacial score (nSPS) is 10.6. The van der Waals surface area contributed by atoms with Crippen LogP contribution >= 0.6 is 0 Å². The number of carbonyl (C=O) groups is 1. The van der Waals surface area contributed by atoms with Gasteiger partial charge in [-0.25, -0.2) is 0 Å². The fourth-order valence-corrected chi connectivity index (χ4v) is 1.95. The minimum atomic E-state index is -0.753. The number of methoxy groups -OCH3 is 1. The summed E-state index contributed by atoms with van der Waals surface area (Å²) in [6, 6.07) is 6.15. The Hall–Kier alpha value is -1.71. The number of nitrogens with zero attached hydrogens (tertiary/aromatic N) is 1. The van der Waals surface area contributed by atoms with Crippen molar-refractivity contribution in [2.75, 3.05) is 25.6 Å². The Morgan fingerprint density at radius 2 is 2.11 bits per heavy atom. The Balaban J connectivity index is 2.83. The van der Waals surface area contributed by atoms with Crippen LogP contribution in [0.25, 0.3) is 0 Å². The van der Waals surface area contributed by atoms with Gasteiger partial charge in [0.1, 0.15) is 5.75 Å². The van der Waals surface area contributed by atoms with Gasteiger partial charge in [-0.1, -0.05) is 19.9 Å². The van der Waals surface area contributed by atoms with Crippen molar-refractivity contribution in [1.29, 1.82) is 0 Å². The maximum atomic E-state index is 10.5. The van der Waals surface area contributed by atoms with E-state index in [4.69, 9.17) is 9.84 Å². The number of ether oxygens (including phenoxy) is 1. The summed E-state index contributed by atoms with van der Waals surface area (Å²) in [5, 5.41) is 8.67. The number of carboxylic acid groups (broad SMARTS) is 1. The van der Waals surface area contributed by atoms with Gasteiger partial charge in [0.2, 0.25) is 0 Å². The third-order valence-electron chi connectivity index (χ3n) is 3.16. The highest BCUT2D eigenvalue weighted by molar-refractivity contribution is 5.66. The molecule has 1 rings (SSSR count). The second-order valence-electron chi connectivity index (χ2n) is 5.00. The molecule has 0 aromatic heterocycles. The van der Waals surface area contributed by atoms with Crippen molar-refractivity contribution in [3.63, 3.8) is 0 Å². The predicted octanol–water partition coefficient (Wildman–Crippen LogP) is 3.12. The van der Waals surface area contributed by atoms with Crippen molar-refractivity contribution >= 4 is 11.7 Å². The molecule has 0 unspecified atom stereocenters. The molecular weight excluding hydrogens is 242 g/mol. The second kappa shape index (κ2) is 7.02. The molecule has 0 aliphatic rings. The monoisotopic (exact) mass is 265 g/mol. The molecule has 106 valence electrons. The molecule has 0 saturated heterocycles. The Kier molecular flexibility index (Phi) is 5.67. The van der Waals surface area contributed by atoms with Crippen LogP contribution in [0.1, 0.15) is 38.2 Å². The lowest BCUT2D eigenvalue weighted by molar-refractivity contribution is -0.137. The molecule has 0 spiro atoms. The molecule has 1 N–H and O–H groups in total. The quantitative estimate of drug-likeness (QED) is 0.823. The van der Waals surface area contributed by atoms with Crippen LogP contribution in [0.2, 0.25) is 0 Å². The summed E-state index contributed by atoms with van der Waals surface area (Å²) in [7, 11) is 3.61. The predicted molar refractivity (Wildman–Crippen MR) is 77.2 cm³/mol. The van der Waals surface area contributed by atoms with Gasteiger partial charge in [0.05, 0.1) is 12.8 Å². The van der Waals surface area contributed by atoms with E-state index in [1.807, 2.05) is 18.0 Å². The van der Waals surface area contributed by atoms with Gasteiger partial charge in [-0.15, -0.1) is 0 Å². The SMILES string of the molecule is COc1ccc(C(C)C)cc1N(C)CCCC(=O)O. The fraction of sp³-hybridized carbons (Fsp3) is 0.533. The van der Waals surface area contributed by atoms with E-state index in [-0.39, 0.29) is 6.42 Å². The summed E-state index contributed by atoms with van der Waals surface area (Å²) in [6.45, 7) is 5.00. The first-order valence-electron chi connectivity index (χ1n) is 6.56. The average molecular weight is 265 g/mol. The highest BCUT2D eigenvalue weighted by Crippen LogP contribution is 2.31. The molecular formula is C15H23NO3. The maximum absolute atomic E-state index is 10.5. The number of rotatable bonds is 7. The number of anilines is 1. The summed E-state index contributed by atoms with van der Waals surface area (Å²) < 4.78 is 5.37. The van der Waals surface area contributed by atoms with Crippen LogP contribution in [0.5, 0.6) is 5.75 Å². The number of hydrogen-bond acceptors (Lipinski definition) is 3. The van der Waals surface area contributed by atoms with Gasteiger partial charge in [0.25, 0.3) is 0 Å². The molecule has 0 radical (unpaired) electrons. The molecule has 0 atom stereocenters. The van der Waals surface area contributed by atoms with Gasteiger partial charge < -0.3 is 14.7 Å². The number of hydrogen-bond donors (Lipinski definition) is 1. The Bertz CT molecular complexity index is 429. The first-order chi connectivity index (χ1) is 8.95. The minimum absolute atomic E-state index is 0.191. The van der Waals surface area contributed by atoms with Gasteiger partial charge in [-0.2, -0.15) is 0 Å². The number of aliphatic carboxylic acids is 1. The molecule has 0 bridgehead atoms. The lowest BCUT2D eigenvalue weighted by Crippen LogP contribution is -2.20. The lowest BCUT2D eigenvalue weighted by atomic mass is 10.0. The van der Waals surface area contributed by atoms with Crippen LogP contribution in [0.4, 0.5) is 5.69 Å². The van der Waals surface area contributed by atoms with E-state index in [9.17, 15) is 4.79 Å². The largest absolute Gasteiger partial charge is 0.495 e. The zero-order chi connectivity index (χ0) is 14.4. The van der Waals surface area contributed by atoms with E-state index in [2.05, 4.69) is 26.0 Å². The van der Waals surface area contributed by atoms with Crippen LogP contribution in [0.15, 0.2) is 18.2 Å². The van der Waals surface area contributed by atoms with Crippen molar-refractivity contribution in [2.45, 2.75) is 32.6 Å². The van der Waals surface area contributed by atoms with E-state index in [1.54, 1.807) is 7.11 Å². The molecule has 0 saturated carbocycles. The maximum Gasteiger partial charge on any atom is 0.303 e. The van der Waals surface area contributed by atoms with Gasteiger partial charge in [-0.3, -0.25) is 4.79 Å². The highest BCUT2D eigenvalue weighted by atomic mass is 16.5. The van der Waals surface area contributed by atoms with E-state index in [0.29, 0.717) is 18.9 Å². The molecule has 0 aliphatic heterocycles. The molecule has 1 aromatic carbocycles. The Labute approximate surface area is 115 Å². The number of benzene rings is 1. The molecule has 0 amide bonds. The fourth-order valence-electron chi connectivity index (χ4n) is 1.95. The van der Waals surface area contributed by atoms with Crippen LogP contribution in [0, 0.1) is 0 Å². The van der Waals surface area contributed by atoms with Crippen molar-refractivity contribution < 1.29 is 14.6 Å². The zero-order valence-corrected chi connectivity index (χ0v) is 12.1. The molecule has 0 fully saturated rings. The van der Waals surface area contributed by atoms with E-state index in [1.165, 1.54) is 5.56 Å². The summed E-state index contributed by atoms with van der Waals surface area (Å²) >= 11 is 0. The van der Waals surface area contributed by atoms with E-state index < -0.39 is 5.97 Å². The zero-order valence-electron chi connectivity index (χ0n) is 12.1.